The van der Waals surface area contributed by atoms with Crippen LogP contribution >= 0.6 is 0 Å². The van der Waals surface area contributed by atoms with Crippen molar-refractivity contribution in [2.45, 2.75) is 25.3 Å². The standard InChI is InChI=1S/C20H26N4O3/c1-21-20-22-16(15-7-10-26-13-15)11-18(23-20)24-8-4-9-27-19-14(12-24)5-3-6-17(19)25-2/h3,5-6,11,15H,4,7-10,12-13H2,1-2H3,(H,21,22,23)/t15-/m1/s1. The quantitative estimate of drug-likeness (QED) is 0.887. The molecule has 1 saturated heterocycles. The molecule has 2 aliphatic heterocycles. The van der Waals surface area contributed by atoms with Crippen LogP contribution in [-0.2, 0) is 11.3 Å². The number of nitrogens with zero attached hydrogens (tertiary/aromatic N) is 3. The van der Waals surface area contributed by atoms with Gasteiger partial charge < -0.3 is 24.4 Å². The van der Waals surface area contributed by atoms with Crippen LogP contribution in [0.4, 0.5) is 11.8 Å². The Kier molecular flexibility index (Phi) is 5.29. The number of aromatic nitrogens is 2. The van der Waals surface area contributed by atoms with Crippen molar-refractivity contribution in [2.75, 3.05) is 50.7 Å². The van der Waals surface area contributed by atoms with Crippen LogP contribution in [0.1, 0.15) is 30.0 Å². The zero-order chi connectivity index (χ0) is 18.6. The predicted octanol–water partition coefficient (Wildman–Crippen LogP) is 2.82. The molecule has 7 heteroatoms. The highest BCUT2D eigenvalue weighted by Gasteiger charge is 2.23. The van der Waals surface area contributed by atoms with Crippen LogP contribution in [0.5, 0.6) is 11.5 Å². The van der Waals surface area contributed by atoms with Crippen molar-refractivity contribution in [2.24, 2.45) is 0 Å². The van der Waals surface area contributed by atoms with E-state index in [2.05, 4.69) is 27.3 Å². The number of rotatable bonds is 4. The van der Waals surface area contributed by atoms with Crippen molar-refractivity contribution in [3.8, 4) is 11.5 Å². The molecule has 7 nitrogen and oxygen atoms in total. The zero-order valence-corrected chi connectivity index (χ0v) is 15.9. The monoisotopic (exact) mass is 370 g/mol. The van der Waals surface area contributed by atoms with Gasteiger partial charge in [-0.1, -0.05) is 12.1 Å². The minimum Gasteiger partial charge on any atom is -0.493 e. The third-order valence-electron chi connectivity index (χ3n) is 5.09. The Bertz CT molecular complexity index is 793. The molecule has 3 heterocycles. The average Bonchev–Trinajstić information content (AvgIpc) is 3.22. The summed E-state index contributed by atoms with van der Waals surface area (Å²) in [5, 5.41) is 3.10. The molecule has 0 amide bonds. The maximum atomic E-state index is 5.97. The molecule has 1 fully saturated rings. The normalized spacial score (nSPS) is 19.6. The predicted molar refractivity (Wildman–Crippen MR) is 104 cm³/mol. The summed E-state index contributed by atoms with van der Waals surface area (Å²) in [6.07, 6.45) is 1.92. The second-order valence-corrected chi connectivity index (χ2v) is 6.86. The van der Waals surface area contributed by atoms with E-state index in [1.165, 1.54) is 0 Å². The van der Waals surface area contributed by atoms with Crippen LogP contribution in [0.2, 0.25) is 0 Å². The molecule has 1 atom stereocenters. The Morgan fingerprint density at radius 3 is 2.96 bits per heavy atom. The first kappa shape index (κ1) is 17.9. The molecule has 1 aromatic heterocycles. The summed E-state index contributed by atoms with van der Waals surface area (Å²) in [6, 6.07) is 8.14. The Balaban J connectivity index is 1.68. The van der Waals surface area contributed by atoms with Crippen molar-refractivity contribution in [1.29, 1.82) is 0 Å². The minimum atomic E-state index is 0.337. The largest absolute Gasteiger partial charge is 0.493 e. The third kappa shape index (κ3) is 3.78. The summed E-state index contributed by atoms with van der Waals surface area (Å²) in [4.78, 5) is 11.7. The zero-order valence-electron chi connectivity index (χ0n) is 15.9. The van der Waals surface area contributed by atoms with Crippen LogP contribution in [-0.4, -0.2) is 50.5 Å². The molecule has 144 valence electrons. The van der Waals surface area contributed by atoms with E-state index < -0.39 is 0 Å². The van der Waals surface area contributed by atoms with Crippen molar-refractivity contribution in [3.05, 3.63) is 35.5 Å². The summed E-state index contributed by atoms with van der Waals surface area (Å²) in [6.45, 7) is 3.77. The summed E-state index contributed by atoms with van der Waals surface area (Å²) in [5.41, 5.74) is 2.15. The number of benzene rings is 1. The SMILES string of the molecule is CNc1nc([C@@H]2CCOC2)cc(N2CCCOc3c(cccc3OC)C2)n1. The number of methoxy groups -OCH3 is 1. The van der Waals surface area contributed by atoms with E-state index in [0.717, 1.165) is 61.2 Å². The molecule has 1 N–H and O–H groups in total. The molecular formula is C20H26N4O3. The molecule has 2 aliphatic rings. The summed E-state index contributed by atoms with van der Waals surface area (Å²) in [7, 11) is 3.53. The number of ether oxygens (including phenoxy) is 3. The van der Waals surface area contributed by atoms with E-state index in [-0.39, 0.29) is 0 Å². The Hall–Kier alpha value is -2.54. The first-order valence-electron chi connectivity index (χ1n) is 9.46. The van der Waals surface area contributed by atoms with E-state index in [9.17, 15) is 0 Å². The molecule has 0 unspecified atom stereocenters. The topological polar surface area (TPSA) is 68.7 Å². The highest BCUT2D eigenvalue weighted by Crippen LogP contribution is 2.34. The fraction of sp³-hybridized carbons (Fsp3) is 0.500. The lowest BCUT2D eigenvalue weighted by Gasteiger charge is -2.28. The van der Waals surface area contributed by atoms with Crippen molar-refractivity contribution >= 4 is 11.8 Å². The van der Waals surface area contributed by atoms with Gasteiger partial charge in [0.05, 0.1) is 26.0 Å². The molecule has 0 bridgehead atoms. The van der Waals surface area contributed by atoms with E-state index >= 15 is 0 Å². The van der Waals surface area contributed by atoms with Gasteiger partial charge >= 0.3 is 0 Å². The number of hydrogen-bond acceptors (Lipinski definition) is 7. The minimum absolute atomic E-state index is 0.337. The average molecular weight is 370 g/mol. The Labute approximate surface area is 159 Å². The molecule has 27 heavy (non-hydrogen) atoms. The van der Waals surface area contributed by atoms with Gasteiger partial charge in [0.25, 0.3) is 0 Å². The van der Waals surface area contributed by atoms with Gasteiger partial charge in [-0.15, -0.1) is 0 Å². The van der Waals surface area contributed by atoms with E-state index in [1.807, 2.05) is 19.2 Å². The van der Waals surface area contributed by atoms with Crippen LogP contribution in [0.25, 0.3) is 0 Å². The number of nitrogens with one attached hydrogen (secondary N) is 1. The molecule has 0 radical (unpaired) electrons. The first-order chi connectivity index (χ1) is 13.3. The maximum absolute atomic E-state index is 5.97. The second kappa shape index (κ2) is 8.00. The highest BCUT2D eigenvalue weighted by atomic mass is 16.5. The molecule has 2 aromatic rings. The van der Waals surface area contributed by atoms with Crippen molar-refractivity contribution in [1.82, 2.24) is 9.97 Å². The fourth-order valence-electron chi connectivity index (χ4n) is 3.62. The van der Waals surface area contributed by atoms with Crippen molar-refractivity contribution in [3.63, 3.8) is 0 Å². The van der Waals surface area contributed by atoms with Crippen LogP contribution in [0.15, 0.2) is 24.3 Å². The molecule has 0 spiro atoms. The number of hydrogen-bond donors (Lipinski definition) is 1. The van der Waals surface area contributed by atoms with Gasteiger partial charge in [-0.25, -0.2) is 4.98 Å². The van der Waals surface area contributed by atoms with Gasteiger partial charge in [0.1, 0.15) is 5.82 Å². The smallest absolute Gasteiger partial charge is 0.224 e. The summed E-state index contributed by atoms with van der Waals surface area (Å²) < 4.78 is 17.0. The summed E-state index contributed by atoms with van der Waals surface area (Å²) >= 11 is 0. The lowest BCUT2D eigenvalue weighted by atomic mass is 10.0. The lowest BCUT2D eigenvalue weighted by Crippen LogP contribution is -2.29. The maximum Gasteiger partial charge on any atom is 0.224 e. The Morgan fingerprint density at radius 1 is 1.26 bits per heavy atom. The number of para-hydroxylation sites is 1. The van der Waals surface area contributed by atoms with Gasteiger partial charge in [-0.05, 0) is 18.9 Å². The van der Waals surface area contributed by atoms with Crippen LogP contribution in [0, 0.1) is 0 Å². The fourth-order valence-corrected chi connectivity index (χ4v) is 3.62. The number of anilines is 2. The molecule has 0 saturated carbocycles. The van der Waals surface area contributed by atoms with Crippen LogP contribution < -0.4 is 19.7 Å². The van der Waals surface area contributed by atoms with Gasteiger partial charge in [0.15, 0.2) is 11.5 Å². The molecule has 1 aromatic carbocycles. The van der Waals surface area contributed by atoms with Gasteiger partial charge in [-0.3, -0.25) is 0 Å². The van der Waals surface area contributed by atoms with E-state index in [1.54, 1.807) is 7.11 Å². The van der Waals surface area contributed by atoms with Gasteiger partial charge in [-0.2, -0.15) is 4.98 Å². The molecule has 4 rings (SSSR count). The summed E-state index contributed by atoms with van der Waals surface area (Å²) in [5.74, 6) is 3.53. The Morgan fingerprint density at radius 2 is 2.19 bits per heavy atom. The van der Waals surface area contributed by atoms with Gasteiger partial charge in [0, 0.05) is 44.3 Å². The van der Waals surface area contributed by atoms with Crippen molar-refractivity contribution < 1.29 is 14.2 Å². The highest BCUT2D eigenvalue weighted by molar-refractivity contribution is 5.51. The first-order valence-corrected chi connectivity index (χ1v) is 9.46. The van der Waals surface area contributed by atoms with E-state index in [0.29, 0.717) is 25.0 Å². The molecule has 0 aliphatic carbocycles. The van der Waals surface area contributed by atoms with Crippen LogP contribution in [0.3, 0.4) is 0 Å². The van der Waals surface area contributed by atoms with Gasteiger partial charge in [0.2, 0.25) is 5.95 Å². The second-order valence-electron chi connectivity index (χ2n) is 6.86. The number of fused-ring (bicyclic) bond motifs is 1. The van der Waals surface area contributed by atoms with E-state index in [4.69, 9.17) is 19.2 Å². The lowest BCUT2D eigenvalue weighted by molar-refractivity contribution is 0.193. The molecular weight excluding hydrogens is 344 g/mol. The third-order valence-corrected chi connectivity index (χ3v) is 5.09.